The van der Waals surface area contributed by atoms with Gasteiger partial charge in [-0.05, 0) is 47.4 Å². The Morgan fingerprint density at radius 3 is 2.09 bits per heavy atom. The summed E-state index contributed by atoms with van der Waals surface area (Å²) in [6.07, 6.45) is 10.5. The van der Waals surface area contributed by atoms with E-state index in [0.717, 1.165) is 24.0 Å². The van der Waals surface area contributed by atoms with Gasteiger partial charge in [0.05, 0.1) is 11.1 Å². The quantitative estimate of drug-likeness (QED) is 0.171. The highest BCUT2D eigenvalue weighted by Crippen LogP contribution is 2.38. The third-order valence-corrected chi connectivity index (χ3v) is 5.48. The molecule has 1 aliphatic carbocycles. The van der Waals surface area contributed by atoms with Crippen molar-refractivity contribution in [3.8, 4) is 6.07 Å². The van der Waals surface area contributed by atoms with Crippen LogP contribution in [0.5, 0.6) is 0 Å². The number of nitrogens with one attached hydrogen (secondary N) is 1. The number of hydrogen-bond acceptors (Lipinski definition) is 4. The number of carbonyl (C=O) groups is 2. The molecule has 168 valence electrons. The van der Waals surface area contributed by atoms with Crippen LogP contribution in [0.15, 0.2) is 113 Å². The van der Waals surface area contributed by atoms with Crippen molar-refractivity contribution in [1.29, 1.82) is 10.7 Å². The van der Waals surface area contributed by atoms with Crippen LogP contribution in [0, 0.1) is 22.2 Å². The molecule has 0 fully saturated rings. The fourth-order valence-corrected chi connectivity index (χ4v) is 3.93. The molecule has 2 aromatic rings. The summed E-state index contributed by atoms with van der Waals surface area (Å²) in [6.45, 7) is 4.29. The van der Waals surface area contributed by atoms with Crippen LogP contribution in [-0.4, -0.2) is 17.4 Å². The highest BCUT2D eigenvalue weighted by Gasteiger charge is 2.24. The molecule has 0 aromatic heterocycles. The van der Waals surface area contributed by atoms with Gasteiger partial charge in [0, 0.05) is 11.1 Å². The zero-order valence-corrected chi connectivity index (χ0v) is 19.3. The Balaban J connectivity index is 1.86. The summed E-state index contributed by atoms with van der Waals surface area (Å²) in [6, 6.07) is 19.6. The molecule has 1 aliphatic rings. The molecule has 0 aliphatic heterocycles. The minimum Gasteiger partial charge on any atom is -0.288 e. The first-order valence-electron chi connectivity index (χ1n) is 11.0. The molecular weight excluding hydrogens is 420 g/mol. The van der Waals surface area contributed by atoms with Crippen molar-refractivity contribution >= 4 is 17.4 Å². The summed E-state index contributed by atoms with van der Waals surface area (Å²) in [5, 5.41) is 17.1. The molecule has 4 nitrogen and oxygen atoms in total. The fourth-order valence-electron chi connectivity index (χ4n) is 3.93. The third kappa shape index (κ3) is 6.36. The number of rotatable bonds is 7. The van der Waals surface area contributed by atoms with Crippen molar-refractivity contribution in [3.63, 3.8) is 0 Å². The number of carbonyl (C=O) groups excluding carboxylic acids is 2. The molecule has 0 atom stereocenters. The Hall–Kier alpha value is -4.32. The first kappa shape index (κ1) is 24.3. The molecule has 0 heterocycles. The fraction of sp³-hybridized carbons (Fsp3) is 0.167. The van der Waals surface area contributed by atoms with Crippen LogP contribution in [0.4, 0.5) is 0 Å². The van der Waals surface area contributed by atoms with Gasteiger partial charge in [0.15, 0.2) is 0 Å². The van der Waals surface area contributed by atoms with E-state index in [4.69, 9.17) is 5.41 Å². The maximum absolute atomic E-state index is 12.7. The van der Waals surface area contributed by atoms with Crippen molar-refractivity contribution in [1.82, 2.24) is 0 Å². The largest absolute Gasteiger partial charge is 0.288 e. The number of hydrogen-bond donors (Lipinski definition) is 1. The molecule has 0 unspecified atom stereocenters. The van der Waals surface area contributed by atoms with Crippen LogP contribution < -0.4 is 0 Å². The lowest BCUT2D eigenvalue weighted by atomic mass is 9.75. The molecule has 0 saturated heterocycles. The molecular formula is C30H26N2O2. The third-order valence-electron chi connectivity index (χ3n) is 5.48. The number of Topliss-reactive ketones (excluding diaryl/α,β-unsaturated/α-hetero) is 2. The average Bonchev–Trinajstić information content (AvgIpc) is 2.84. The van der Waals surface area contributed by atoms with E-state index in [1.54, 1.807) is 60.7 Å². The van der Waals surface area contributed by atoms with Crippen molar-refractivity contribution in [3.05, 3.63) is 124 Å². The van der Waals surface area contributed by atoms with E-state index in [1.807, 2.05) is 36.4 Å². The first-order chi connectivity index (χ1) is 16.3. The Morgan fingerprint density at radius 2 is 1.53 bits per heavy atom. The zero-order valence-electron chi connectivity index (χ0n) is 19.3. The SMILES string of the molecule is CC1(C)CC(/C=C/C(=C=N)C(=O)c2ccccc2)=CC(=C/C=C(\C#N)C(=O)c2ccccc2)/C1. The Morgan fingerprint density at radius 1 is 0.941 bits per heavy atom. The maximum Gasteiger partial charge on any atom is 0.203 e. The number of ketones is 2. The molecule has 0 spiro atoms. The lowest BCUT2D eigenvalue weighted by Crippen LogP contribution is -2.16. The molecule has 0 radical (unpaired) electrons. The predicted octanol–water partition coefficient (Wildman–Crippen LogP) is 6.61. The number of allylic oxidation sites excluding steroid dienone is 9. The molecule has 1 N–H and O–H groups in total. The minimum atomic E-state index is -0.306. The van der Waals surface area contributed by atoms with Gasteiger partial charge in [-0.2, -0.15) is 5.26 Å². The van der Waals surface area contributed by atoms with Crippen LogP contribution in [0.3, 0.4) is 0 Å². The van der Waals surface area contributed by atoms with Gasteiger partial charge in [-0.3, -0.25) is 15.0 Å². The van der Waals surface area contributed by atoms with Crippen molar-refractivity contribution in [2.24, 2.45) is 5.41 Å². The number of nitriles is 1. The van der Waals surface area contributed by atoms with Gasteiger partial charge in [-0.1, -0.05) is 92.7 Å². The van der Waals surface area contributed by atoms with Gasteiger partial charge in [-0.25, -0.2) is 0 Å². The molecule has 0 amide bonds. The predicted molar refractivity (Wildman–Crippen MR) is 135 cm³/mol. The topological polar surface area (TPSA) is 81.8 Å². The Kier molecular flexibility index (Phi) is 7.88. The molecule has 34 heavy (non-hydrogen) atoms. The highest BCUT2D eigenvalue weighted by molar-refractivity contribution is 6.15. The van der Waals surface area contributed by atoms with Gasteiger partial charge in [0.25, 0.3) is 0 Å². The molecule has 4 heteroatoms. The van der Waals surface area contributed by atoms with Crippen LogP contribution in [0.2, 0.25) is 0 Å². The van der Waals surface area contributed by atoms with Gasteiger partial charge < -0.3 is 0 Å². The van der Waals surface area contributed by atoms with Crippen LogP contribution in [0.25, 0.3) is 0 Å². The normalized spacial score (nSPS) is 16.4. The zero-order chi connectivity index (χ0) is 24.6. The van der Waals surface area contributed by atoms with Crippen molar-refractivity contribution in [2.75, 3.05) is 0 Å². The number of nitrogens with zero attached hydrogens (tertiary/aromatic N) is 1. The first-order valence-corrected chi connectivity index (χ1v) is 11.0. The lowest BCUT2D eigenvalue weighted by molar-refractivity contribution is 0.103. The van der Waals surface area contributed by atoms with E-state index in [9.17, 15) is 14.9 Å². The second kappa shape index (κ2) is 11.0. The van der Waals surface area contributed by atoms with Crippen molar-refractivity contribution < 1.29 is 9.59 Å². The highest BCUT2D eigenvalue weighted by atomic mass is 16.1. The van der Waals surface area contributed by atoms with Crippen molar-refractivity contribution in [2.45, 2.75) is 26.7 Å². The van der Waals surface area contributed by atoms with Gasteiger partial charge in [-0.15, -0.1) is 0 Å². The van der Waals surface area contributed by atoms with E-state index in [-0.39, 0.29) is 28.1 Å². The average molecular weight is 447 g/mol. The van der Waals surface area contributed by atoms with E-state index in [1.165, 1.54) is 0 Å². The summed E-state index contributed by atoms with van der Waals surface area (Å²) in [5.74, 6) is 1.70. The summed E-state index contributed by atoms with van der Waals surface area (Å²) in [5.41, 5.74) is 3.19. The Bertz CT molecular complexity index is 1290. The van der Waals surface area contributed by atoms with Gasteiger partial charge in [0.1, 0.15) is 6.07 Å². The molecule has 0 bridgehead atoms. The smallest absolute Gasteiger partial charge is 0.203 e. The standard InChI is InChI=1S/C30H26N2O2/c1-30(2)18-22(13-15-26(20-31)28(33)24-9-5-3-6-10-24)17-23(19-30)14-16-27(21-32)29(34)25-11-7-4-8-12-25/h3-17,31H,18-19H2,1-2H3/b15-13+,23-14-,27-16+. The minimum absolute atomic E-state index is 0.0393. The van der Waals surface area contributed by atoms with Gasteiger partial charge >= 0.3 is 0 Å². The lowest BCUT2D eigenvalue weighted by Gasteiger charge is -2.30. The summed E-state index contributed by atoms with van der Waals surface area (Å²) in [4.78, 5) is 25.3. The molecule has 2 aromatic carbocycles. The van der Waals surface area contributed by atoms with E-state index in [0.29, 0.717) is 11.1 Å². The summed E-state index contributed by atoms with van der Waals surface area (Å²) in [7, 11) is 0. The maximum atomic E-state index is 12.7. The number of benzene rings is 2. The van der Waals surface area contributed by atoms with Gasteiger partial charge in [0.2, 0.25) is 11.6 Å². The van der Waals surface area contributed by atoms with Crippen LogP contribution >= 0.6 is 0 Å². The summed E-state index contributed by atoms with van der Waals surface area (Å²) >= 11 is 0. The van der Waals surface area contributed by atoms with Crippen LogP contribution in [0.1, 0.15) is 47.4 Å². The van der Waals surface area contributed by atoms with Crippen LogP contribution in [-0.2, 0) is 0 Å². The Labute approximate surface area is 200 Å². The van der Waals surface area contributed by atoms with E-state index in [2.05, 4.69) is 19.7 Å². The molecule has 3 rings (SSSR count). The monoisotopic (exact) mass is 446 g/mol. The molecule has 0 saturated carbocycles. The second-order valence-electron chi connectivity index (χ2n) is 8.93. The van der Waals surface area contributed by atoms with E-state index >= 15 is 0 Å². The summed E-state index contributed by atoms with van der Waals surface area (Å²) < 4.78 is 0. The second-order valence-corrected chi connectivity index (χ2v) is 8.93. The van der Waals surface area contributed by atoms with E-state index < -0.39 is 0 Å².